The molecule has 0 radical (unpaired) electrons. The van der Waals surface area contributed by atoms with Gasteiger partial charge in [-0.2, -0.15) is 0 Å². The number of nitrogens with zero attached hydrogens (tertiary/aromatic N) is 4. The minimum Gasteiger partial charge on any atom is -0.368 e. The van der Waals surface area contributed by atoms with Gasteiger partial charge in [-0.1, -0.05) is 13.3 Å². The summed E-state index contributed by atoms with van der Waals surface area (Å²) in [6.45, 7) is 4.70. The number of amides is 3. The highest BCUT2D eigenvalue weighted by Gasteiger charge is 2.50. The molecule has 3 heterocycles. The van der Waals surface area contributed by atoms with Crippen LogP contribution >= 0.6 is 0 Å². The van der Waals surface area contributed by atoms with Crippen LogP contribution < -0.4 is 15.5 Å². The van der Waals surface area contributed by atoms with Crippen molar-refractivity contribution in [2.45, 2.75) is 63.8 Å². The van der Waals surface area contributed by atoms with Gasteiger partial charge in [0.05, 0.1) is 22.4 Å². The Morgan fingerprint density at radius 1 is 1.03 bits per heavy atom. The third kappa shape index (κ3) is 4.05. The number of rotatable bonds is 5. The van der Waals surface area contributed by atoms with E-state index in [0.29, 0.717) is 50.4 Å². The van der Waals surface area contributed by atoms with Gasteiger partial charge in [-0.05, 0) is 76.1 Å². The van der Waals surface area contributed by atoms with E-state index in [1.54, 1.807) is 12.1 Å². The molecule has 5 rings (SSSR count). The minimum atomic E-state index is -0.715. The third-order valence-corrected chi connectivity index (χ3v) is 8.95. The van der Waals surface area contributed by atoms with E-state index in [1.807, 2.05) is 4.90 Å². The molecule has 2 N–H and O–H groups in total. The summed E-state index contributed by atoms with van der Waals surface area (Å²) in [6, 6.07) is 4.63. The van der Waals surface area contributed by atoms with Gasteiger partial charge in [-0.15, -0.1) is 0 Å². The third-order valence-electron chi connectivity index (χ3n) is 8.95. The highest BCUT2D eigenvalue weighted by molar-refractivity contribution is 6.22. The lowest BCUT2D eigenvalue weighted by molar-refractivity contribution is -0.384. The first-order chi connectivity index (χ1) is 17.2. The largest absolute Gasteiger partial charge is 0.368 e. The van der Waals surface area contributed by atoms with Crippen LogP contribution in [0, 0.1) is 27.9 Å². The van der Waals surface area contributed by atoms with E-state index < -0.39 is 10.5 Å². The number of fused-ring (bicyclic) bond motifs is 1. The van der Waals surface area contributed by atoms with Crippen LogP contribution in [0.1, 0.15) is 58.3 Å². The molecular formula is C26H35N5O5. The smallest absolute Gasteiger partial charge is 0.294 e. The summed E-state index contributed by atoms with van der Waals surface area (Å²) < 4.78 is 0. The molecule has 0 aromatic heterocycles. The van der Waals surface area contributed by atoms with Crippen molar-refractivity contribution < 1.29 is 19.3 Å². The number of benzene rings is 1. The van der Waals surface area contributed by atoms with Crippen LogP contribution in [-0.4, -0.2) is 59.3 Å². The van der Waals surface area contributed by atoms with Gasteiger partial charge < -0.3 is 10.6 Å². The van der Waals surface area contributed by atoms with Crippen molar-refractivity contribution in [3.63, 3.8) is 0 Å². The van der Waals surface area contributed by atoms with Gasteiger partial charge in [0.2, 0.25) is 17.7 Å². The zero-order valence-electron chi connectivity index (χ0n) is 20.9. The molecule has 4 aliphatic rings. The minimum absolute atomic E-state index is 0.138. The number of primary amides is 1. The van der Waals surface area contributed by atoms with Gasteiger partial charge >= 0.3 is 0 Å². The van der Waals surface area contributed by atoms with Crippen LogP contribution in [0.25, 0.3) is 0 Å². The first-order valence-corrected chi connectivity index (χ1v) is 13.2. The predicted octanol–water partition coefficient (Wildman–Crippen LogP) is 2.83. The maximum atomic E-state index is 13.1. The molecular weight excluding hydrogens is 462 g/mol. The molecule has 194 valence electrons. The molecule has 0 unspecified atom stereocenters. The SMILES string of the molecule is C[C@@H]1CC[C@@H]2C(=O)N(c3ccc(N4CCC(C(N)=O)(N5CCCCC5)CC4)c([N+](=O)[O-])c3)C(=O)[C@@H]2C1. The number of hydrogen-bond donors (Lipinski definition) is 1. The molecule has 3 atom stereocenters. The van der Waals surface area contributed by atoms with E-state index in [0.717, 1.165) is 43.7 Å². The molecule has 1 aliphatic carbocycles. The molecule has 0 spiro atoms. The van der Waals surface area contributed by atoms with Gasteiger partial charge in [-0.3, -0.25) is 29.4 Å². The maximum Gasteiger partial charge on any atom is 0.294 e. The van der Waals surface area contributed by atoms with Gasteiger partial charge in [0.1, 0.15) is 11.2 Å². The van der Waals surface area contributed by atoms with Crippen molar-refractivity contribution in [1.29, 1.82) is 0 Å². The van der Waals surface area contributed by atoms with Crippen LogP contribution in [-0.2, 0) is 14.4 Å². The quantitative estimate of drug-likeness (QED) is 0.376. The number of imide groups is 1. The number of nitro benzene ring substituents is 1. The van der Waals surface area contributed by atoms with Crippen LogP contribution in [0.5, 0.6) is 0 Å². The summed E-state index contributed by atoms with van der Waals surface area (Å²) in [4.78, 5) is 55.7. The van der Waals surface area contributed by atoms with Crippen molar-refractivity contribution in [1.82, 2.24) is 4.90 Å². The Bertz CT molecular complexity index is 1080. The number of carbonyl (C=O) groups excluding carboxylic acids is 3. The molecule has 10 nitrogen and oxygen atoms in total. The maximum absolute atomic E-state index is 13.1. The lowest BCUT2D eigenvalue weighted by atomic mass is 9.76. The van der Waals surface area contributed by atoms with E-state index in [4.69, 9.17) is 5.73 Å². The zero-order valence-corrected chi connectivity index (χ0v) is 20.9. The molecule has 4 fully saturated rings. The molecule has 1 aromatic carbocycles. The summed E-state index contributed by atoms with van der Waals surface area (Å²) in [7, 11) is 0. The van der Waals surface area contributed by atoms with Gasteiger partial charge in [0, 0.05) is 19.2 Å². The lowest BCUT2D eigenvalue weighted by Gasteiger charge is -2.48. The van der Waals surface area contributed by atoms with Crippen molar-refractivity contribution in [2.75, 3.05) is 36.0 Å². The van der Waals surface area contributed by atoms with Crippen molar-refractivity contribution in [2.24, 2.45) is 23.5 Å². The van der Waals surface area contributed by atoms with E-state index in [2.05, 4.69) is 11.8 Å². The van der Waals surface area contributed by atoms with Crippen LogP contribution in [0.3, 0.4) is 0 Å². The van der Waals surface area contributed by atoms with E-state index in [9.17, 15) is 24.5 Å². The topological polar surface area (TPSA) is 130 Å². The second-order valence-electron chi connectivity index (χ2n) is 11.0. The zero-order chi connectivity index (χ0) is 25.6. The van der Waals surface area contributed by atoms with Crippen LogP contribution in [0.4, 0.5) is 17.1 Å². The fourth-order valence-corrected chi connectivity index (χ4v) is 6.87. The Morgan fingerprint density at radius 2 is 1.69 bits per heavy atom. The first kappa shape index (κ1) is 24.7. The van der Waals surface area contributed by atoms with Crippen molar-refractivity contribution in [3.8, 4) is 0 Å². The highest BCUT2D eigenvalue weighted by atomic mass is 16.6. The number of carbonyl (C=O) groups is 3. The van der Waals surface area contributed by atoms with E-state index in [1.165, 1.54) is 6.07 Å². The summed E-state index contributed by atoms with van der Waals surface area (Å²) in [6.07, 6.45) is 6.51. The van der Waals surface area contributed by atoms with Gasteiger partial charge in [-0.25, -0.2) is 4.90 Å². The lowest BCUT2D eigenvalue weighted by Crippen LogP contribution is -2.63. The van der Waals surface area contributed by atoms with Gasteiger partial charge in [0.15, 0.2) is 0 Å². The molecule has 1 saturated carbocycles. The number of piperidine rings is 2. The standard InChI is InChI=1S/C26H35N5O5/c1-17-5-7-19-20(15-17)24(33)30(23(19)32)18-6-8-21(22(16-18)31(35)36)28-13-9-26(10-14-28,25(27)34)29-11-3-2-4-12-29/h6,8,16-17,19-20H,2-5,7,9-15H2,1H3,(H2,27,34)/t17-,19+,20-/m1/s1. The van der Waals surface area contributed by atoms with Crippen LogP contribution in [0.2, 0.25) is 0 Å². The molecule has 3 saturated heterocycles. The predicted molar refractivity (Wildman–Crippen MR) is 134 cm³/mol. The molecule has 10 heteroatoms. The number of nitro groups is 1. The number of likely N-dealkylation sites (tertiary alicyclic amines) is 1. The Morgan fingerprint density at radius 3 is 2.33 bits per heavy atom. The summed E-state index contributed by atoms with van der Waals surface area (Å²) in [5.74, 6) is -1.09. The molecule has 1 aromatic rings. The number of anilines is 2. The van der Waals surface area contributed by atoms with E-state index in [-0.39, 0.29) is 40.9 Å². The summed E-state index contributed by atoms with van der Waals surface area (Å²) in [5.41, 5.74) is 5.74. The van der Waals surface area contributed by atoms with E-state index >= 15 is 0 Å². The fraction of sp³-hybridized carbons (Fsp3) is 0.654. The average Bonchev–Trinajstić information content (AvgIpc) is 3.13. The Balaban J connectivity index is 1.38. The van der Waals surface area contributed by atoms with Gasteiger partial charge in [0.25, 0.3) is 5.69 Å². The Hall–Kier alpha value is -3.01. The van der Waals surface area contributed by atoms with Crippen LogP contribution in [0.15, 0.2) is 18.2 Å². The highest BCUT2D eigenvalue weighted by Crippen LogP contribution is 2.44. The average molecular weight is 498 g/mol. The fourth-order valence-electron chi connectivity index (χ4n) is 6.87. The molecule has 0 bridgehead atoms. The Labute approximate surface area is 210 Å². The first-order valence-electron chi connectivity index (χ1n) is 13.2. The Kier molecular flexibility index (Phi) is 6.48. The summed E-state index contributed by atoms with van der Waals surface area (Å²) in [5, 5.41) is 12.1. The normalized spacial score (nSPS) is 28.8. The number of nitrogens with two attached hydrogens (primary N) is 1. The second kappa shape index (κ2) is 9.46. The van der Waals surface area contributed by atoms with Crippen molar-refractivity contribution >= 4 is 34.8 Å². The molecule has 36 heavy (non-hydrogen) atoms. The monoisotopic (exact) mass is 497 g/mol. The van der Waals surface area contributed by atoms with Crippen molar-refractivity contribution in [3.05, 3.63) is 28.3 Å². The number of hydrogen-bond acceptors (Lipinski definition) is 7. The second-order valence-corrected chi connectivity index (χ2v) is 11.0. The molecule has 3 amide bonds. The summed E-state index contributed by atoms with van der Waals surface area (Å²) >= 11 is 0. The molecule has 3 aliphatic heterocycles.